The van der Waals surface area contributed by atoms with Crippen molar-refractivity contribution in [2.45, 2.75) is 76.9 Å². The number of nitrogens with zero attached hydrogens (tertiary/aromatic N) is 3. The lowest BCUT2D eigenvalue weighted by Crippen LogP contribution is -2.44. The van der Waals surface area contributed by atoms with Crippen LogP contribution in [0.2, 0.25) is 0 Å². The van der Waals surface area contributed by atoms with Crippen molar-refractivity contribution in [3.8, 4) is 0 Å². The molecule has 0 radical (unpaired) electrons. The van der Waals surface area contributed by atoms with Crippen LogP contribution in [0.1, 0.15) is 75.6 Å². The van der Waals surface area contributed by atoms with Gasteiger partial charge in [-0.3, -0.25) is 4.79 Å². The second-order valence-electron chi connectivity index (χ2n) is 7.96. The molecule has 0 unspecified atom stereocenters. The molecule has 0 saturated heterocycles. The van der Waals surface area contributed by atoms with Crippen LogP contribution >= 0.6 is 0 Å². The van der Waals surface area contributed by atoms with Crippen molar-refractivity contribution in [3.63, 3.8) is 0 Å². The van der Waals surface area contributed by atoms with Gasteiger partial charge in [0.25, 0.3) is 0 Å². The fourth-order valence-electron chi connectivity index (χ4n) is 3.80. The van der Waals surface area contributed by atoms with Crippen molar-refractivity contribution < 1.29 is 9.32 Å². The third kappa shape index (κ3) is 3.70. The number of hydrogen-bond donors (Lipinski definition) is 1. The molecule has 2 aromatic rings. The fourth-order valence-corrected chi connectivity index (χ4v) is 3.80. The Labute approximate surface area is 160 Å². The Hall–Kier alpha value is -2.37. The van der Waals surface area contributed by atoms with E-state index >= 15 is 0 Å². The largest absolute Gasteiger partial charge is 0.359 e. The Kier molecular flexibility index (Phi) is 4.89. The first-order valence-corrected chi connectivity index (χ1v) is 10.0. The molecule has 1 aliphatic carbocycles. The van der Waals surface area contributed by atoms with E-state index in [1.54, 1.807) is 0 Å². The molecule has 2 heterocycles. The van der Waals surface area contributed by atoms with Crippen LogP contribution in [0.3, 0.4) is 0 Å². The Morgan fingerprint density at radius 1 is 1.37 bits per heavy atom. The summed E-state index contributed by atoms with van der Waals surface area (Å²) in [6, 6.07) is 8.59. The Balaban J connectivity index is 1.57. The number of carbonyl (C=O) groups is 1. The van der Waals surface area contributed by atoms with E-state index in [1.165, 1.54) is 0 Å². The molecule has 0 bridgehead atoms. The summed E-state index contributed by atoms with van der Waals surface area (Å²) in [7, 11) is 0. The van der Waals surface area contributed by atoms with Gasteiger partial charge in [0, 0.05) is 23.7 Å². The molecule has 1 saturated carbocycles. The smallest absolute Gasteiger partial charge is 0.246 e. The SMILES string of the molecule is CC[C@H](C)NC(=O)[C@H]1C[C@@H](C)N(Cc2nc(C3CC3)no2)c2ccccc21. The number of hydrogen-bond acceptors (Lipinski definition) is 5. The molecule has 0 spiro atoms. The molecule has 1 aromatic heterocycles. The molecule has 1 N–H and O–H groups in total. The van der Waals surface area contributed by atoms with Crippen LogP contribution in [-0.2, 0) is 11.3 Å². The van der Waals surface area contributed by atoms with Crippen molar-refractivity contribution in [2.24, 2.45) is 0 Å². The van der Waals surface area contributed by atoms with Crippen LogP contribution in [0, 0.1) is 0 Å². The zero-order valence-corrected chi connectivity index (χ0v) is 16.3. The summed E-state index contributed by atoms with van der Waals surface area (Å²) in [5, 5.41) is 7.28. The lowest BCUT2D eigenvalue weighted by atomic mass is 9.85. The summed E-state index contributed by atoms with van der Waals surface area (Å²) in [6.45, 7) is 6.88. The second kappa shape index (κ2) is 7.33. The minimum absolute atomic E-state index is 0.119. The molecule has 1 aliphatic heterocycles. The van der Waals surface area contributed by atoms with Crippen LogP contribution < -0.4 is 10.2 Å². The Morgan fingerprint density at radius 3 is 2.89 bits per heavy atom. The van der Waals surface area contributed by atoms with Crippen molar-refractivity contribution >= 4 is 11.6 Å². The van der Waals surface area contributed by atoms with Crippen molar-refractivity contribution in [2.75, 3.05) is 4.90 Å². The molecular formula is C21H28N4O2. The standard InChI is InChI=1S/C21H28N4O2/c1-4-13(2)22-21(26)17-11-14(3)25(18-8-6-5-7-16(17)18)12-19-23-20(24-27-19)15-9-10-15/h5-8,13-15,17H,4,9-12H2,1-3H3,(H,22,26)/t13-,14+,17-/m0/s1. The van der Waals surface area contributed by atoms with Crippen molar-refractivity contribution in [1.29, 1.82) is 0 Å². The molecule has 27 heavy (non-hydrogen) atoms. The molecule has 1 aromatic carbocycles. The first kappa shape index (κ1) is 18.0. The highest BCUT2D eigenvalue weighted by atomic mass is 16.5. The number of fused-ring (bicyclic) bond motifs is 1. The normalized spacial score (nSPS) is 23.0. The van der Waals surface area contributed by atoms with Gasteiger partial charge in [0.05, 0.1) is 12.5 Å². The van der Waals surface area contributed by atoms with E-state index in [0.717, 1.165) is 42.8 Å². The molecule has 3 atom stereocenters. The molecule has 4 rings (SSSR count). The third-order valence-corrected chi connectivity index (χ3v) is 5.78. The number of nitrogens with one attached hydrogen (secondary N) is 1. The van der Waals surface area contributed by atoms with E-state index < -0.39 is 0 Å². The van der Waals surface area contributed by atoms with Crippen LogP contribution in [-0.4, -0.2) is 28.1 Å². The number of rotatable bonds is 6. The number of para-hydroxylation sites is 1. The van der Waals surface area contributed by atoms with Crippen LogP contribution in [0.5, 0.6) is 0 Å². The molecule has 1 fully saturated rings. The molecule has 1 amide bonds. The van der Waals surface area contributed by atoms with Crippen LogP contribution in [0.15, 0.2) is 28.8 Å². The summed E-state index contributed by atoms with van der Waals surface area (Å²) in [5.41, 5.74) is 2.17. The van der Waals surface area contributed by atoms with Gasteiger partial charge in [-0.15, -0.1) is 0 Å². The summed E-state index contributed by atoms with van der Waals surface area (Å²) in [4.78, 5) is 19.7. The summed E-state index contributed by atoms with van der Waals surface area (Å²) in [5.74, 6) is 1.99. The van der Waals surface area contributed by atoms with Gasteiger partial charge in [0.2, 0.25) is 11.8 Å². The predicted octanol–water partition coefficient (Wildman–Crippen LogP) is 3.74. The lowest BCUT2D eigenvalue weighted by Gasteiger charge is -2.39. The lowest BCUT2D eigenvalue weighted by molar-refractivity contribution is -0.123. The van der Waals surface area contributed by atoms with Crippen LogP contribution in [0.25, 0.3) is 0 Å². The van der Waals surface area contributed by atoms with Gasteiger partial charge in [0.1, 0.15) is 0 Å². The predicted molar refractivity (Wildman–Crippen MR) is 104 cm³/mol. The first-order chi connectivity index (χ1) is 13.1. The Morgan fingerprint density at radius 2 is 2.15 bits per heavy atom. The molecule has 6 heteroatoms. The van der Waals surface area contributed by atoms with Gasteiger partial charge >= 0.3 is 0 Å². The van der Waals surface area contributed by atoms with E-state index in [9.17, 15) is 4.79 Å². The highest BCUT2D eigenvalue weighted by molar-refractivity contribution is 5.86. The Bertz CT molecular complexity index is 814. The number of benzene rings is 1. The van der Waals surface area contributed by atoms with E-state index in [2.05, 4.69) is 53.3 Å². The monoisotopic (exact) mass is 368 g/mol. The molecule has 144 valence electrons. The highest BCUT2D eigenvalue weighted by Gasteiger charge is 2.35. The average molecular weight is 368 g/mol. The first-order valence-electron chi connectivity index (χ1n) is 10.0. The van der Waals surface area contributed by atoms with Gasteiger partial charge in [-0.05, 0) is 51.2 Å². The maximum atomic E-state index is 12.9. The van der Waals surface area contributed by atoms with Gasteiger partial charge in [-0.25, -0.2) is 0 Å². The second-order valence-corrected chi connectivity index (χ2v) is 7.96. The van der Waals surface area contributed by atoms with E-state index in [1.807, 2.05) is 12.1 Å². The third-order valence-electron chi connectivity index (χ3n) is 5.78. The summed E-state index contributed by atoms with van der Waals surface area (Å²) >= 11 is 0. The highest BCUT2D eigenvalue weighted by Crippen LogP contribution is 2.40. The van der Waals surface area contributed by atoms with Gasteiger partial charge in [0.15, 0.2) is 5.82 Å². The average Bonchev–Trinajstić information content (AvgIpc) is 3.42. The maximum Gasteiger partial charge on any atom is 0.246 e. The maximum absolute atomic E-state index is 12.9. The number of carbonyl (C=O) groups excluding carboxylic acids is 1. The zero-order valence-electron chi connectivity index (χ0n) is 16.3. The van der Waals surface area contributed by atoms with Gasteiger partial charge in [-0.1, -0.05) is 30.3 Å². The van der Waals surface area contributed by atoms with E-state index in [4.69, 9.17) is 4.52 Å². The van der Waals surface area contributed by atoms with Crippen molar-refractivity contribution in [1.82, 2.24) is 15.5 Å². The summed E-state index contributed by atoms with van der Waals surface area (Å²) < 4.78 is 5.49. The molecule has 6 nitrogen and oxygen atoms in total. The number of anilines is 1. The molecule has 2 aliphatic rings. The quantitative estimate of drug-likeness (QED) is 0.841. The van der Waals surface area contributed by atoms with E-state index in [0.29, 0.717) is 18.4 Å². The van der Waals surface area contributed by atoms with Crippen molar-refractivity contribution in [3.05, 3.63) is 41.5 Å². The molecular weight excluding hydrogens is 340 g/mol. The van der Waals surface area contributed by atoms with Gasteiger partial charge in [-0.2, -0.15) is 4.98 Å². The number of aromatic nitrogens is 2. The summed E-state index contributed by atoms with van der Waals surface area (Å²) in [6.07, 6.45) is 4.04. The fraction of sp³-hybridized carbons (Fsp3) is 0.571. The van der Waals surface area contributed by atoms with Gasteiger partial charge < -0.3 is 14.7 Å². The number of amides is 1. The van der Waals surface area contributed by atoms with Crippen LogP contribution in [0.4, 0.5) is 5.69 Å². The minimum Gasteiger partial charge on any atom is -0.359 e. The minimum atomic E-state index is -0.119. The zero-order chi connectivity index (χ0) is 19.0. The van der Waals surface area contributed by atoms with E-state index in [-0.39, 0.29) is 23.9 Å². The topological polar surface area (TPSA) is 71.3 Å².